The van der Waals surface area contributed by atoms with Gasteiger partial charge in [0, 0.05) is 16.5 Å². The maximum atomic E-state index is 13.5. The Balaban J connectivity index is 0.000000562. The number of esters is 1. The van der Waals surface area contributed by atoms with Gasteiger partial charge in [0.15, 0.2) is 0 Å². The first-order valence-corrected chi connectivity index (χ1v) is 15.8. The summed E-state index contributed by atoms with van der Waals surface area (Å²) in [6.45, 7) is 6.92. The number of fused-ring (bicyclic) bond motifs is 1. The Bertz CT molecular complexity index is 1410. The largest absolute Gasteiger partial charge is 0.484 e. The van der Waals surface area contributed by atoms with E-state index in [1.54, 1.807) is 24.3 Å². The highest BCUT2D eigenvalue weighted by Gasteiger charge is 2.52. The van der Waals surface area contributed by atoms with Crippen LogP contribution in [0.5, 0.6) is 11.5 Å². The fourth-order valence-corrected chi connectivity index (χ4v) is 5.52. The molecule has 0 aliphatic heterocycles. The SMILES string of the molecule is C.CC.CCCCCNCO.O=C(Oc1ccc2c(OC3C=CC=CC3)c(-c3ccc(F)cc3)sc2c1)C1(CO[N+](=O)[O-])CC1. The molecule has 2 aliphatic rings. The summed E-state index contributed by atoms with van der Waals surface area (Å²) in [5.74, 6) is 0.160. The summed E-state index contributed by atoms with van der Waals surface area (Å²) in [4.78, 5) is 28.4. The molecule has 2 aromatic carbocycles. The lowest BCUT2D eigenvalue weighted by Gasteiger charge is -2.17. The number of thiophene rings is 1. The summed E-state index contributed by atoms with van der Waals surface area (Å²) in [6.07, 6.45) is 13.2. The Morgan fingerprint density at radius 3 is 2.49 bits per heavy atom. The fourth-order valence-electron chi connectivity index (χ4n) is 4.35. The summed E-state index contributed by atoms with van der Waals surface area (Å²) >= 11 is 1.46. The molecule has 1 heterocycles. The van der Waals surface area contributed by atoms with Crippen LogP contribution in [0.1, 0.15) is 66.7 Å². The number of hydrogen-bond donors (Lipinski definition) is 2. The number of nitrogens with one attached hydrogen (secondary N) is 1. The number of ether oxygens (including phenoxy) is 2. The Hall–Kier alpha value is -3.80. The molecule has 1 unspecified atom stereocenters. The third-order valence-corrected chi connectivity index (χ3v) is 8.13. The summed E-state index contributed by atoms with van der Waals surface area (Å²) in [5.41, 5.74) is -0.147. The highest BCUT2D eigenvalue weighted by atomic mass is 32.1. The van der Waals surface area contributed by atoms with Gasteiger partial charge in [0.2, 0.25) is 0 Å². The Morgan fingerprint density at radius 1 is 1.16 bits per heavy atom. The molecule has 246 valence electrons. The first kappa shape index (κ1) is 37.4. The van der Waals surface area contributed by atoms with Gasteiger partial charge in [-0.2, -0.15) is 0 Å². The summed E-state index contributed by atoms with van der Waals surface area (Å²) in [6, 6.07) is 11.5. The van der Waals surface area contributed by atoms with Gasteiger partial charge < -0.3 is 19.4 Å². The molecule has 1 atom stereocenters. The maximum Gasteiger partial charge on any atom is 0.319 e. The minimum atomic E-state index is -0.966. The van der Waals surface area contributed by atoms with E-state index in [1.165, 1.54) is 42.7 Å². The molecule has 11 heteroatoms. The van der Waals surface area contributed by atoms with Crippen molar-refractivity contribution in [3.63, 3.8) is 0 Å². The van der Waals surface area contributed by atoms with Gasteiger partial charge in [0.05, 0.1) is 17.0 Å². The van der Waals surface area contributed by atoms with Gasteiger partial charge in [-0.3, -0.25) is 10.1 Å². The lowest BCUT2D eigenvalue weighted by molar-refractivity contribution is -0.759. The summed E-state index contributed by atoms with van der Waals surface area (Å²) < 4.78 is 26.3. The van der Waals surface area contributed by atoms with Crippen LogP contribution in [0.25, 0.3) is 20.5 Å². The molecule has 2 N–H and O–H groups in total. The quantitative estimate of drug-likeness (QED) is 0.0477. The first-order chi connectivity index (χ1) is 21.3. The van der Waals surface area contributed by atoms with E-state index in [2.05, 4.69) is 17.1 Å². The van der Waals surface area contributed by atoms with Crippen molar-refractivity contribution in [1.82, 2.24) is 5.32 Å². The van der Waals surface area contributed by atoms with E-state index in [-0.39, 0.29) is 32.7 Å². The van der Waals surface area contributed by atoms with Crippen molar-refractivity contribution in [1.29, 1.82) is 0 Å². The molecule has 0 spiro atoms. The van der Waals surface area contributed by atoms with Crippen LogP contribution in [0.15, 0.2) is 66.8 Å². The second kappa shape index (κ2) is 18.9. The maximum absolute atomic E-state index is 13.5. The normalized spacial score (nSPS) is 15.4. The standard InChI is InChI=1S/C25H20FNO6S.C6H15NO.C2H6.CH4/c26-17-8-6-16(7-9-17)23-22(32-18-4-2-1-3-5-18)20-11-10-19(14-21(20)34-23)33-24(28)25(12-13-25)15-31-27(29)30;1-2-3-4-5-7-6-8;1-2;/h1-4,6-11,14,18H,5,12-13,15H2;7-8H,2-6H2,1H3;1-2H3;1H4. The van der Waals surface area contributed by atoms with Crippen LogP contribution in [0.2, 0.25) is 0 Å². The van der Waals surface area contributed by atoms with Gasteiger partial charge in [0.1, 0.15) is 30.0 Å². The molecule has 0 bridgehead atoms. The van der Waals surface area contributed by atoms with E-state index < -0.39 is 16.5 Å². The molecule has 9 nitrogen and oxygen atoms in total. The zero-order valence-electron chi connectivity index (χ0n) is 25.4. The van der Waals surface area contributed by atoms with E-state index in [0.29, 0.717) is 24.3 Å². The number of hydrogen-bond acceptors (Lipinski definition) is 9. The second-order valence-electron chi connectivity index (χ2n) is 10.2. The number of unbranched alkanes of at least 4 members (excludes halogenated alkanes) is 2. The number of aliphatic hydroxyl groups excluding tert-OH is 1. The Labute approximate surface area is 268 Å². The Morgan fingerprint density at radius 2 is 1.89 bits per heavy atom. The van der Waals surface area contributed by atoms with Gasteiger partial charge >= 0.3 is 5.97 Å². The van der Waals surface area contributed by atoms with E-state index >= 15 is 0 Å². The summed E-state index contributed by atoms with van der Waals surface area (Å²) in [5, 5.41) is 21.5. The monoisotopic (exact) mass is 644 g/mol. The second-order valence-corrected chi connectivity index (χ2v) is 11.2. The van der Waals surface area contributed by atoms with Crippen molar-refractivity contribution < 1.29 is 33.7 Å². The van der Waals surface area contributed by atoms with E-state index in [9.17, 15) is 19.3 Å². The number of nitrogens with zero attached hydrogens (tertiary/aromatic N) is 1. The topological polar surface area (TPSA) is 120 Å². The number of benzene rings is 2. The van der Waals surface area contributed by atoms with Gasteiger partial charge in [-0.05, 0) is 67.8 Å². The smallest absolute Gasteiger partial charge is 0.319 e. The van der Waals surface area contributed by atoms with E-state index in [0.717, 1.165) is 33.5 Å². The third-order valence-electron chi connectivity index (χ3n) is 6.95. The van der Waals surface area contributed by atoms with Crippen molar-refractivity contribution in [2.75, 3.05) is 19.9 Å². The molecular formula is C34H45FN2O7S. The van der Waals surface area contributed by atoms with Crippen molar-refractivity contribution in [3.8, 4) is 21.9 Å². The number of carbonyl (C=O) groups excluding carboxylic acids is 1. The van der Waals surface area contributed by atoms with E-state index in [1.807, 2.05) is 44.2 Å². The molecule has 5 rings (SSSR count). The lowest BCUT2D eigenvalue weighted by Crippen LogP contribution is -2.27. The van der Waals surface area contributed by atoms with Gasteiger partial charge in [-0.25, -0.2) is 4.39 Å². The molecule has 1 fully saturated rings. The molecule has 2 aliphatic carbocycles. The molecule has 1 aromatic heterocycles. The number of carbonyl (C=O) groups is 1. The number of halogens is 1. The molecular weight excluding hydrogens is 599 g/mol. The van der Waals surface area contributed by atoms with Crippen LogP contribution in [0.3, 0.4) is 0 Å². The highest BCUT2D eigenvalue weighted by molar-refractivity contribution is 7.22. The van der Waals surface area contributed by atoms with Crippen LogP contribution in [0, 0.1) is 21.3 Å². The van der Waals surface area contributed by atoms with E-state index in [4.69, 9.17) is 14.6 Å². The first-order valence-electron chi connectivity index (χ1n) is 15.0. The summed E-state index contributed by atoms with van der Waals surface area (Å²) in [7, 11) is 0. The number of allylic oxidation sites excluding steroid dienone is 2. The number of aliphatic hydroxyl groups is 1. The average molecular weight is 645 g/mol. The average Bonchev–Trinajstić information content (AvgIpc) is 3.76. The van der Waals surface area contributed by atoms with Crippen molar-refractivity contribution in [2.45, 2.75) is 72.8 Å². The molecule has 1 saturated carbocycles. The van der Waals surface area contributed by atoms with Crippen LogP contribution in [0.4, 0.5) is 4.39 Å². The lowest BCUT2D eigenvalue weighted by atomic mass is 10.1. The van der Waals surface area contributed by atoms with Gasteiger partial charge in [0.25, 0.3) is 5.09 Å². The van der Waals surface area contributed by atoms with Crippen molar-refractivity contribution in [3.05, 3.63) is 82.7 Å². The zero-order valence-corrected chi connectivity index (χ0v) is 26.2. The predicted molar refractivity (Wildman–Crippen MR) is 177 cm³/mol. The minimum absolute atomic E-state index is 0. The molecule has 3 aromatic rings. The molecule has 0 radical (unpaired) electrons. The van der Waals surface area contributed by atoms with Crippen LogP contribution in [-0.2, 0) is 9.63 Å². The molecule has 45 heavy (non-hydrogen) atoms. The molecule has 0 saturated heterocycles. The van der Waals surface area contributed by atoms with Gasteiger partial charge in [-0.15, -0.1) is 21.5 Å². The fraction of sp³-hybridized carbons (Fsp3) is 0.441. The third kappa shape index (κ3) is 10.9. The van der Waals surface area contributed by atoms with Crippen LogP contribution in [-0.4, -0.2) is 42.1 Å². The van der Waals surface area contributed by atoms with Crippen molar-refractivity contribution >= 4 is 27.4 Å². The van der Waals surface area contributed by atoms with Crippen LogP contribution >= 0.6 is 11.3 Å². The Kier molecular flexibility index (Phi) is 15.7. The zero-order chi connectivity index (χ0) is 32.0. The highest BCUT2D eigenvalue weighted by Crippen LogP contribution is 2.49. The van der Waals surface area contributed by atoms with Crippen molar-refractivity contribution in [2.24, 2.45) is 5.41 Å². The van der Waals surface area contributed by atoms with Gasteiger partial charge in [-0.1, -0.05) is 71.4 Å². The predicted octanol–water partition coefficient (Wildman–Crippen LogP) is 8.24. The van der Waals surface area contributed by atoms with Crippen LogP contribution < -0.4 is 14.8 Å². The molecule has 0 amide bonds. The number of rotatable bonds is 13. The minimum Gasteiger partial charge on any atom is -0.484 e.